The second-order valence-electron chi connectivity index (χ2n) is 6.68. The molecular formula is C22H15ClN4O2S3. The molecule has 0 aliphatic heterocycles. The summed E-state index contributed by atoms with van der Waals surface area (Å²) in [5, 5.41) is 14.0. The van der Waals surface area contributed by atoms with Crippen molar-refractivity contribution in [3.63, 3.8) is 0 Å². The normalized spacial score (nSPS) is 11.3. The third kappa shape index (κ3) is 3.93. The van der Waals surface area contributed by atoms with Crippen molar-refractivity contribution in [3.05, 3.63) is 81.1 Å². The summed E-state index contributed by atoms with van der Waals surface area (Å²) in [7, 11) is 0. The fraction of sp³-hybridized carbons (Fsp3) is 0.0909. The minimum absolute atomic E-state index is 0.0793. The minimum Gasteiger partial charge on any atom is -0.420 e. The first-order chi connectivity index (χ1) is 15.7. The Morgan fingerprint density at radius 1 is 1.16 bits per heavy atom. The minimum atomic E-state index is -0.0793. The van der Waals surface area contributed by atoms with E-state index in [4.69, 9.17) is 21.0 Å². The third-order valence-corrected chi connectivity index (χ3v) is 7.72. The van der Waals surface area contributed by atoms with E-state index in [1.807, 2.05) is 41.1 Å². The molecule has 4 aromatic heterocycles. The van der Waals surface area contributed by atoms with E-state index in [0.29, 0.717) is 50.0 Å². The monoisotopic (exact) mass is 498 g/mol. The summed E-state index contributed by atoms with van der Waals surface area (Å²) < 4.78 is 7.42. The van der Waals surface area contributed by atoms with Crippen LogP contribution in [0.1, 0.15) is 5.89 Å². The molecule has 0 radical (unpaired) electrons. The van der Waals surface area contributed by atoms with Crippen LogP contribution in [-0.2, 0) is 12.3 Å². The second kappa shape index (κ2) is 9.03. The van der Waals surface area contributed by atoms with Crippen molar-refractivity contribution in [3.8, 4) is 21.9 Å². The maximum atomic E-state index is 13.4. The van der Waals surface area contributed by atoms with Gasteiger partial charge in [0, 0.05) is 22.4 Å². The van der Waals surface area contributed by atoms with Gasteiger partial charge in [-0.05, 0) is 23.6 Å². The molecule has 0 saturated heterocycles. The summed E-state index contributed by atoms with van der Waals surface area (Å²) in [5.41, 5.74) is 1.53. The van der Waals surface area contributed by atoms with Gasteiger partial charge < -0.3 is 4.42 Å². The lowest BCUT2D eigenvalue weighted by molar-refractivity contribution is 0.528. The molecule has 0 amide bonds. The Kier molecular flexibility index (Phi) is 5.97. The van der Waals surface area contributed by atoms with Gasteiger partial charge in [-0.25, -0.2) is 4.98 Å². The summed E-state index contributed by atoms with van der Waals surface area (Å²) in [6.07, 6.45) is 1.69. The first kappa shape index (κ1) is 21.1. The van der Waals surface area contributed by atoms with E-state index < -0.39 is 0 Å². The van der Waals surface area contributed by atoms with E-state index >= 15 is 0 Å². The van der Waals surface area contributed by atoms with Crippen LogP contribution < -0.4 is 5.56 Å². The number of benzene rings is 1. The van der Waals surface area contributed by atoms with Gasteiger partial charge >= 0.3 is 0 Å². The van der Waals surface area contributed by atoms with Crippen LogP contribution in [0.15, 0.2) is 74.2 Å². The number of hydrogen-bond acceptors (Lipinski definition) is 8. The van der Waals surface area contributed by atoms with Crippen LogP contribution >= 0.6 is 46.0 Å². The highest BCUT2D eigenvalue weighted by molar-refractivity contribution is 7.98. The van der Waals surface area contributed by atoms with E-state index in [1.165, 1.54) is 23.1 Å². The van der Waals surface area contributed by atoms with E-state index in [-0.39, 0.29) is 5.56 Å². The summed E-state index contributed by atoms with van der Waals surface area (Å²) in [6, 6.07) is 11.3. The highest BCUT2D eigenvalue weighted by atomic mass is 35.5. The fourth-order valence-corrected chi connectivity index (χ4v) is 6.07. The maximum Gasteiger partial charge on any atom is 0.263 e. The summed E-state index contributed by atoms with van der Waals surface area (Å²) in [6.45, 7) is 4.16. The highest BCUT2D eigenvalue weighted by Gasteiger charge is 2.19. The number of fused-ring (bicyclic) bond motifs is 1. The first-order valence-electron chi connectivity index (χ1n) is 9.52. The van der Waals surface area contributed by atoms with Crippen LogP contribution in [-0.4, -0.2) is 19.7 Å². The predicted molar refractivity (Wildman–Crippen MR) is 132 cm³/mol. The molecule has 0 fully saturated rings. The Labute approximate surface area is 200 Å². The number of thioether (sulfide) groups is 1. The third-order valence-electron chi connectivity index (χ3n) is 4.65. The van der Waals surface area contributed by atoms with Gasteiger partial charge in [-0.15, -0.1) is 39.4 Å². The Morgan fingerprint density at radius 2 is 2.03 bits per heavy atom. The average molecular weight is 499 g/mol. The zero-order valence-corrected chi connectivity index (χ0v) is 19.7. The molecule has 0 saturated carbocycles. The average Bonchev–Trinajstić information content (AvgIpc) is 3.55. The fourth-order valence-electron chi connectivity index (χ4n) is 3.20. The highest BCUT2D eigenvalue weighted by Crippen LogP contribution is 2.35. The van der Waals surface area contributed by atoms with Crippen molar-refractivity contribution in [2.45, 2.75) is 17.5 Å². The second-order valence-corrected chi connectivity index (χ2v) is 9.83. The van der Waals surface area contributed by atoms with Crippen molar-refractivity contribution >= 4 is 56.3 Å². The molecular weight excluding hydrogens is 484 g/mol. The van der Waals surface area contributed by atoms with Crippen LogP contribution in [0.2, 0.25) is 5.02 Å². The van der Waals surface area contributed by atoms with E-state index in [2.05, 4.69) is 16.8 Å². The largest absolute Gasteiger partial charge is 0.420 e. The van der Waals surface area contributed by atoms with Crippen molar-refractivity contribution in [1.82, 2.24) is 19.7 Å². The van der Waals surface area contributed by atoms with Crippen LogP contribution in [0.4, 0.5) is 0 Å². The van der Waals surface area contributed by atoms with Crippen LogP contribution in [0.25, 0.3) is 32.1 Å². The first-order valence-corrected chi connectivity index (χ1v) is 12.6. The van der Waals surface area contributed by atoms with Crippen LogP contribution in [0, 0.1) is 0 Å². The Balaban J connectivity index is 1.47. The molecule has 6 nitrogen and oxygen atoms in total. The topological polar surface area (TPSA) is 73.8 Å². The molecule has 160 valence electrons. The lowest BCUT2D eigenvalue weighted by atomic mass is 10.2. The number of rotatable bonds is 7. The van der Waals surface area contributed by atoms with E-state index in [0.717, 1.165) is 10.4 Å². The zero-order valence-electron chi connectivity index (χ0n) is 16.5. The molecule has 0 N–H and O–H groups in total. The lowest BCUT2D eigenvalue weighted by Gasteiger charge is -2.09. The molecule has 0 bridgehead atoms. The molecule has 0 aliphatic carbocycles. The SMILES string of the molecule is C=CCn1c(SCc2nnc(-c3ccccc3Cl)o2)nc2scc(-c3cccs3)c2c1=O. The van der Waals surface area contributed by atoms with Crippen LogP contribution in [0.5, 0.6) is 0 Å². The molecule has 0 unspecified atom stereocenters. The standard InChI is InChI=1S/C22H15ClN4O2S3/c1-2-9-27-21(28)18-14(16-8-5-10-30-16)11-31-20(18)24-22(27)32-12-17-25-26-19(29-17)13-6-3-4-7-15(13)23/h2-8,10-11H,1,9,12H2. The van der Waals surface area contributed by atoms with Crippen molar-refractivity contribution in [2.75, 3.05) is 0 Å². The number of thiophene rings is 2. The van der Waals surface area contributed by atoms with Gasteiger partial charge in [0.15, 0.2) is 5.16 Å². The molecule has 5 aromatic rings. The molecule has 0 spiro atoms. The van der Waals surface area contributed by atoms with Crippen molar-refractivity contribution in [2.24, 2.45) is 0 Å². The number of nitrogens with zero attached hydrogens (tertiary/aromatic N) is 4. The van der Waals surface area contributed by atoms with Gasteiger partial charge in [-0.1, -0.05) is 47.6 Å². The zero-order chi connectivity index (χ0) is 22.1. The van der Waals surface area contributed by atoms with E-state index in [1.54, 1.807) is 28.0 Å². The molecule has 5 rings (SSSR count). The lowest BCUT2D eigenvalue weighted by Crippen LogP contribution is -2.22. The predicted octanol–water partition coefficient (Wildman–Crippen LogP) is 6.37. The molecule has 4 heterocycles. The maximum absolute atomic E-state index is 13.4. The smallest absolute Gasteiger partial charge is 0.263 e. The summed E-state index contributed by atoms with van der Waals surface area (Å²) in [4.78, 5) is 19.9. The Bertz CT molecular complexity index is 1470. The Morgan fingerprint density at radius 3 is 2.81 bits per heavy atom. The van der Waals surface area contributed by atoms with Crippen molar-refractivity contribution < 1.29 is 4.42 Å². The van der Waals surface area contributed by atoms with Gasteiger partial charge in [-0.2, -0.15) is 0 Å². The quantitative estimate of drug-likeness (QED) is 0.147. The van der Waals surface area contributed by atoms with Gasteiger partial charge in [0.05, 0.1) is 21.7 Å². The summed E-state index contributed by atoms with van der Waals surface area (Å²) in [5.74, 6) is 1.15. The van der Waals surface area contributed by atoms with E-state index in [9.17, 15) is 4.79 Å². The van der Waals surface area contributed by atoms with Crippen molar-refractivity contribution in [1.29, 1.82) is 0 Å². The Hall–Kier alpha value is -2.72. The van der Waals surface area contributed by atoms with Gasteiger partial charge in [0.2, 0.25) is 11.8 Å². The number of allylic oxidation sites excluding steroid dienone is 1. The number of halogens is 1. The molecule has 0 atom stereocenters. The van der Waals surface area contributed by atoms with Gasteiger partial charge in [0.1, 0.15) is 4.83 Å². The number of hydrogen-bond donors (Lipinski definition) is 0. The summed E-state index contributed by atoms with van der Waals surface area (Å²) >= 11 is 10.7. The van der Waals surface area contributed by atoms with Gasteiger partial charge in [0.25, 0.3) is 5.56 Å². The van der Waals surface area contributed by atoms with Crippen LogP contribution in [0.3, 0.4) is 0 Å². The molecule has 10 heteroatoms. The molecule has 1 aromatic carbocycles. The van der Waals surface area contributed by atoms with Gasteiger partial charge in [-0.3, -0.25) is 9.36 Å². The number of aromatic nitrogens is 4. The molecule has 0 aliphatic rings. The molecule has 32 heavy (non-hydrogen) atoms.